The van der Waals surface area contributed by atoms with Crippen molar-refractivity contribution in [2.75, 3.05) is 12.9 Å². The summed E-state index contributed by atoms with van der Waals surface area (Å²) in [5.41, 5.74) is 0.443. The molecule has 2 heterocycles. The summed E-state index contributed by atoms with van der Waals surface area (Å²) < 4.78 is 33.2. The topological polar surface area (TPSA) is 103 Å². The number of halogens is 1. The van der Waals surface area contributed by atoms with E-state index in [-0.39, 0.29) is 17.7 Å². The number of benzene rings is 1. The van der Waals surface area contributed by atoms with E-state index in [1.165, 1.54) is 19.3 Å². The van der Waals surface area contributed by atoms with E-state index in [1.54, 1.807) is 13.0 Å². The maximum Gasteiger partial charge on any atom is 0.340 e. The van der Waals surface area contributed by atoms with Crippen molar-refractivity contribution in [1.82, 2.24) is 5.32 Å². The van der Waals surface area contributed by atoms with E-state index in [0.717, 1.165) is 5.41 Å². The molecule has 0 aliphatic carbocycles. The molecule has 0 spiro atoms. The fourth-order valence-electron chi connectivity index (χ4n) is 2.83. The highest BCUT2D eigenvalue weighted by Gasteiger charge is 2.24. The van der Waals surface area contributed by atoms with Gasteiger partial charge in [-0.05, 0) is 24.6 Å². The van der Waals surface area contributed by atoms with Gasteiger partial charge in [0.15, 0.2) is 9.84 Å². The Labute approximate surface area is 154 Å². The average molecular weight is 398 g/mol. The molecule has 0 fully saturated rings. The molecule has 1 aromatic carbocycles. The van der Waals surface area contributed by atoms with E-state index in [1.807, 2.05) is 0 Å². The van der Waals surface area contributed by atoms with Crippen molar-refractivity contribution in [3.05, 3.63) is 50.2 Å². The average Bonchev–Trinajstić information content (AvgIpc) is 2.90. The lowest BCUT2D eigenvalue weighted by atomic mass is 10.0. The van der Waals surface area contributed by atoms with Crippen LogP contribution in [0.3, 0.4) is 0 Å². The molecule has 1 aliphatic rings. The SMILES string of the molecule is COc1cc2oc(=O)c(CC(=O)N[C@@H]3C=CS(=O)(=O)C3)c(C)c2cc1Cl. The summed E-state index contributed by atoms with van der Waals surface area (Å²) in [5, 5.41) is 4.61. The normalized spacial score (nSPS) is 18.2. The summed E-state index contributed by atoms with van der Waals surface area (Å²) in [6, 6.07) is 2.53. The third kappa shape index (κ3) is 3.61. The number of amides is 1. The molecular weight excluding hydrogens is 382 g/mol. The molecule has 1 atom stereocenters. The van der Waals surface area contributed by atoms with Crippen LogP contribution in [-0.2, 0) is 21.1 Å². The van der Waals surface area contributed by atoms with Crippen LogP contribution in [-0.4, -0.2) is 33.2 Å². The van der Waals surface area contributed by atoms with Crippen LogP contribution in [0.15, 0.2) is 32.8 Å². The molecule has 1 N–H and O–H groups in total. The largest absolute Gasteiger partial charge is 0.495 e. The number of carbonyl (C=O) groups is 1. The number of hydrogen-bond donors (Lipinski definition) is 1. The van der Waals surface area contributed by atoms with Crippen LogP contribution >= 0.6 is 11.6 Å². The van der Waals surface area contributed by atoms with Gasteiger partial charge in [0.25, 0.3) is 0 Å². The van der Waals surface area contributed by atoms with Crippen LogP contribution < -0.4 is 15.7 Å². The third-order valence-electron chi connectivity index (χ3n) is 4.17. The van der Waals surface area contributed by atoms with Crippen LogP contribution in [0.1, 0.15) is 11.1 Å². The summed E-state index contributed by atoms with van der Waals surface area (Å²) in [5.74, 6) is -0.271. The lowest BCUT2D eigenvalue weighted by Gasteiger charge is -2.12. The van der Waals surface area contributed by atoms with Gasteiger partial charge >= 0.3 is 5.63 Å². The highest BCUT2D eigenvalue weighted by molar-refractivity contribution is 7.94. The van der Waals surface area contributed by atoms with Crippen molar-refractivity contribution in [3.63, 3.8) is 0 Å². The van der Waals surface area contributed by atoms with Gasteiger partial charge in [-0.15, -0.1) is 0 Å². The van der Waals surface area contributed by atoms with Gasteiger partial charge < -0.3 is 14.5 Å². The Kier molecular flexibility index (Phi) is 4.81. The summed E-state index contributed by atoms with van der Waals surface area (Å²) in [6.45, 7) is 1.70. The Balaban J connectivity index is 1.89. The van der Waals surface area contributed by atoms with Gasteiger partial charge in [0.2, 0.25) is 5.91 Å². The first kappa shape index (κ1) is 18.5. The summed E-state index contributed by atoms with van der Waals surface area (Å²) in [7, 11) is -1.82. The fraction of sp³-hybridized carbons (Fsp3) is 0.294. The van der Waals surface area contributed by atoms with Crippen LogP contribution in [0.4, 0.5) is 0 Å². The first-order valence-electron chi connectivity index (χ1n) is 7.70. The predicted molar refractivity (Wildman–Crippen MR) is 97.3 cm³/mol. The molecule has 0 unspecified atom stereocenters. The van der Waals surface area contributed by atoms with Crippen LogP contribution in [0.2, 0.25) is 5.02 Å². The Morgan fingerprint density at radius 3 is 2.77 bits per heavy atom. The van der Waals surface area contributed by atoms with Crippen molar-refractivity contribution in [2.24, 2.45) is 0 Å². The first-order chi connectivity index (χ1) is 12.2. The van der Waals surface area contributed by atoms with Gasteiger partial charge in [0, 0.05) is 16.9 Å². The molecule has 2 aromatic rings. The molecule has 9 heteroatoms. The second-order valence-corrected chi connectivity index (χ2v) is 8.32. The van der Waals surface area contributed by atoms with E-state index in [9.17, 15) is 18.0 Å². The van der Waals surface area contributed by atoms with Gasteiger partial charge in [0.05, 0.1) is 35.9 Å². The maximum absolute atomic E-state index is 12.3. The lowest BCUT2D eigenvalue weighted by molar-refractivity contribution is -0.120. The maximum atomic E-state index is 12.3. The molecule has 0 radical (unpaired) electrons. The number of sulfone groups is 1. The number of carbonyl (C=O) groups excluding carboxylic acids is 1. The summed E-state index contributed by atoms with van der Waals surface area (Å²) >= 11 is 6.12. The van der Waals surface area contributed by atoms with Gasteiger partial charge in [-0.25, -0.2) is 13.2 Å². The molecular formula is C17H16ClNO6S. The summed E-state index contributed by atoms with van der Waals surface area (Å²) in [4.78, 5) is 24.5. The van der Waals surface area contributed by atoms with Crippen molar-refractivity contribution in [3.8, 4) is 5.75 Å². The second kappa shape index (κ2) is 6.77. The van der Waals surface area contributed by atoms with E-state index in [4.69, 9.17) is 20.8 Å². The molecule has 7 nitrogen and oxygen atoms in total. The lowest BCUT2D eigenvalue weighted by Crippen LogP contribution is -2.37. The highest BCUT2D eigenvalue weighted by atomic mass is 35.5. The molecule has 1 aliphatic heterocycles. The standard InChI is InChI=1S/C17H16ClNO6S/c1-9-11-5-13(18)15(24-2)7-14(11)25-17(21)12(9)6-16(20)19-10-3-4-26(22,23)8-10/h3-5,7,10H,6,8H2,1-2H3,(H,19,20)/t10-/m1/s1. The zero-order valence-corrected chi connectivity index (χ0v) is 15.6. The minimum atomic E-state index is -3.27. The second-order valence-electron chi connectivity index (χ2n) is 5.98. The predicted octanol–water partition coefficient (Wildman–Crippen LogP) is 1.73. The number of methoxy groups -OCH3 is 1. The van der Waals surface area contributed by atoms with Gasteiger partial charge in [0.1, 0.15) is 11.3 Å². The smallest absolute Gasteiger partial charge is 0.340 e. The molecule has 3 rings (SSSR count). The highest BCUT2D eigenvalue weighted by Crippen LogP contribution is 2.31. The Morgan fingerprint density at radius 2 is 2.15 bits per heavy atom. The monoisotopic (exact) mass is 397 g/mol. The van der Waals surface area contributed by atoms with Crippen molar-refractivity contribution in [1.29, 1.82) is 0 Å². The fourth-order valence-corrected chi connectivity index (χ4v) is 4.31. The molecule has 0 saturated carbocycles. The minimum Gasteiger partial charge on any atom is -0.495 e. The quantitative estimate of drug-likeness (QED) is 0.788. The summed E-state index contributed by atoms with van der Waals surface area (Å²) in [6.07, 6.45) is 1.19. The van der Waals surface area contributed by atoms with E-state index in [0.29, 0.717) is 27.3 Å². The van der Waals surface area contributed by atoms with Gasteiger partial charge in [-0.3, -0.25) is 4.79 Å². The minimum absolute atomic E-state index is 0.181. The Hall–Kier alpha value is -2.32. The number of nitrogens with one attached hydrogen (secondary N) is 1. The van der Waals surface area contributed by atoms with Crippen LogP contribution in [0, 0.1) is 6.92 Å². The van der Waals surface area contributed by atoms with Gasteiger partial charge in [-0.2, -0.15) is 0 Å². The van der Waals surface area contributed by atoms with Crippen LogP contribution in [0.25, 0.3) is 11.0 Å². The first-order valence-corrected chi connectivity index (χ1v) is 9.79. The zero-order chi connectivity index (χ0) is 19.1. The number of ether oxygens (including phenoxy) is 1. The third-order valence-corrected chi connectivity index (χ3v) is 5.86. The molecule has 1 amide bonds. The van der Waals surface area contributed by atoms with Crippen LogP contribution in [0.5, 0.6) is 5.75 Å². The van der Waals surface area contributed by atoms with Gasteiger partial charge in [-0.1, -0.05) is 11.6 Å². The van der Waals surface area contributed by atoms with E-state index in [2.05, 4.69) is 5.32 Å². The molecule has 1 aromatic heterocycles. The van der Waals surface area contributed by atoms with Crippen molar-refractivity contribution < 1.29 is 22.4 Å². The van der Waals surface area contributed by atoms with E-state index < -0.39 is 27.4 Å². The molecule has 26 heavy (non-hydrogen) atoms. The number of aryl methyl sites for hydroxylation is 1. The Morgan fingerprint density at radius 1 is 1.42 bits per heavy atom. The number of hydrogen-bond acceptors (Lipinski definition) is 6. The van der Waals surface area contributed by atoms with Crippen molar-refractivity contribution >= 4 is 38.3 Å². The molecule has 0 saturated heterocycles. The molecule has 138 valence electrons. The number of rotatable bonds is 4. The van der Waals surface area contributed by atoms with E-state index >= 15 is 0 Å². The zero-order valence-electron chi connectivity index (χ0n) is 14.0. The number of fused-ring (bicyclic) bond motifs is 1. The molecule has 0 bridgehead atoms. The van der Waals surface area contributed by atoms with Crippen molar-refractivity contribution in [2.45, 2.75) is 19.4 Å². The Bertz CT molecular complexity index is 1090.